The highest BCUT2D eigenvalue weighted by Gasteiger charge is 2.44. The highest BCUT2D eigenvalue weighted by atomic mass is 16.8. The first-order valence-corrected chi connectivity index (χ1v) is 6.58. The Morgan fingerprint density at radius 1 is 1.47 bits per heavy atom. The van der Waals surface area contributed by atoms with Crippen molar-refractivity contribution in [2.75, 3.05) is 13.7 Å². The molecular formula is C14H20N2O3. The molecule has 5 nitrogen and oxygen atoms in total. The van der Waals surface area contributed by atoms with E-state index in [4.69, 9.17) is 9.57 Å². The molecule has 2 aliphatic rings. The van der Waals surface area contributed by atoms with Gasteiger partial charge in [0.15, 0.2) is 0 Å². The first-order chi connectivity index (χ1) is 9.28. The minimum absolute atomic E-state index is 0. The second kappa shape index (κ2) is 5.19. The fourth-order valence-corrected chi connectivity index (χ4v) is 2.51. The fourth-order valence-electron chi connectivity index (χ4n) is 2.51. The van der Waals surface area contributed by atoms with E-state index in [1.807, 2.05) is 30.3 Å². The molecule has 3 rings (SSSR count). The molecule has 2 amide bonds. The number of hydrogen-bond donors (Lipinski definition) is 1. The van der Waals surface area contributed by atoms with Crippen LogP contribution >= 0.6 is 0 Å². The summed E-state index contributed by atoms with van der Waals surface area (Å²) < 4.78 is 5.09. The normalized spacial score (nSPS) is 28.7. The Balaban J connectivity index is 0.00000147. The lowest BCUT2D eigenvalue weighted by atomic mass is 9.81. The van der Waals surface area contributed by atoms with Gasteiger partial charge in [-0.15, -0.1) is 0 Å². The van der Waals surface area contributed by atoms with Crippen molar-refractivity contribution in [3.8, 4) is 0 Å². The molecule has 1 unspecified atom stereocenters. The van der Waals surface area contributed by atoms with E-state index in [0.717, 1.165) is 25.0 Å². The van der Waals surface area contributed by atoms with Gasteiger partial charge in [0.2, 0.25) is 6.23 Å². The average molecular weight is 264 g/mol. The maximum absolute atomic E-state index is 11.9. The van der Waals surface area contributed by atoms with Gasteiger partial charge >= 0.3 is 6.03 Å². The van der Waals surface area contributed by atoms with Gasteiger partial charge in [-0.3, -0.25) is 0 Å². The van der Waals surface area contributed by atoms with Crippen molar-refractivity contribution >= 4 is 6.03 Å². The third-order valence-corrected chi connectivity index (χ3v) is 3.63. The smallest absolute Gasteiger partial charge is 0.344 e. The zero-order valence-corrected chi connectivity index (χ0v) is 10.9. The lowest BCUT2D eigenvalue weighted by Crippen LogP contribution is -2.47. The maximum Gasteiger partial charge on any atom is 0.344 e. The summed E-state index contributed by atoms with van der Waals surface area (Å²) in [5.41, 5.74) is 1.00. The Morgan fingerprint density at radius 2 is 2.21 bits per heavy atom. The van der Waals surface area contributed by atoms with Crippen molar-refractivity contribution in [1.29, 1.82) is 0 Å². The predicted molar refractivity (Wildman–Crippen MR) is 71.1 cm³/mol. The summed E-state index contributed by atoms with van der Waals surface area (Å²) >= 11 is 0. The fraction of sp³-hybridized carbons (Fsp3) is 0.500. The standard InChI is InChI=1S/C14H18N2O3.H2/c1-18-9-10-7-12(8-10)15-14(17)16-13(19-16)11-5-3-2-4-6-11;/h2-6,10,12-13H,7-9H2,1H3,(H,15,17);1H. The van der Waals surface area contributed by atoms with Gasteiger partial charge in [0.05, 0.1) is 0 Å². The van der Waals surface area contributed by atoms with Crippen molar-refractivity contribution in [3.63, 3.8) is 0 Å². The second-order valence-corrected chi connectivity index (χ2v) is 5.13. The van der Waals surface area contributed by atoms with E-state index < -0.39 is 0 Å². The van der Waals surface area contributed by atoms with Crippen LogP contribution in [0.4, 0.5) is 4.79 Å². The summed E-state index contributed by atoms with van der Waals surface area (Å²) in [4.78, 5) is 17.2. The Bertz CT molecular complexity index is 451. The third kappa shape index (κ3) is 2.72. The topological polar surface area (TPSA) is 53.9 Å². The van der Waals surface area contributed by atoms with E-state index in [9.17, 15) is 4.79 Å². The molecule has 0 spiro atoms. The van der Waals surface area contributed by atoms with Gasteiger partial charge in [-0.2, -0.15) is 5.06 Å². The van der Waals surface area contributed by atoms with E-state index in [0.29, 0.717) is 5.92 Å². The van der Waals surface area contributed by atoms with Crippen LogP contribution in [-0.4, -0.2) is 30.9 Å². The molecule has 1 N–H and O–H groups in total. The lowest BCUT2D eigenvalue weighted by molar-refractivity contribution is 0.0870. The van der Waals surface area contributed by atoms with Crippen LogP contribution in [0.15, 0.2) is 30.3 Å². The Hall–Kier alpha value is -1.59. The number of urea groups is 1. The average Bonchev–Trinajstić information content (AvgIpc) is 3.17. The largest absolute Gasteiger partial charge is 0.384 e. The molecule has 1 aliphatic heterocycles. The molecule has 1 aromatic carbocycles. The number of carbonyl (C=O) groups excluding carboxylic acids is 1. The molecule has 1 heterocycles. The molecule has 1 saturated heterocycles. The number of nitrogens with one attached hydrogen (secondary N) is 1. The van der Waals surface area contributed by atoms with Gasteiger partial charge < -0.3 is 10.1 Å². The summed E-state index contributed by atoms with van der Waals surface area (Å²) in [7, 11) is 1.71. The minimum Gasteiger partial charge on any atom is -0.384 e. The number of amides is 2. The van der Waals surface area contributed by atoms with Crippen LogP contribution in [0.1, 0.15) is 26.1 Å². The zero-order chi connectivity index (χ0) is 13.2. The number of hydrogen-bond acceptors (Lipinski definition) is 3. The van der Waals surface area contributed by atoms with Crippen LogP contribution in [0, 0.1) is 5.92 Å². The van der Waals surface area contributed by atoms with Crippen LogP contribution in [0.25, 0.3) is 0 Å². The molecule has 2 fully saturated rings. The van der Waals surface area contributed by atoms with Crippen molar-refractivity contribution in [2.45, 2.75) is 25.1 Å². The first-order valence-electron chi connectivity index (χ1n) is 6.58. The molecule has 1 aliphatic carbocycles. The molecule has 0 aromatic heterocycles. The minimum atomic E-state index is -0.226. The summed E-state index contributed by atoms with van der Waals surface area (Å²) in [5, 5.41) is 4.36. The Morgan fingerprint density at radius 3 is 2.89 bits per heavy atom. The SMILES string of the molecule is COCC1CC(NC(=O)N2OC2c2ccccc2)C1.[HH]. The molecule has 104 valence electrons. The van der Waals surface area contributed by atoms with E-state index in [1.165, 1.54) is 5.06 Å². The summed E-state index contributed by atoms with van der Waals surface area (Å²) in [6, 6.07) is 9.85. The number of rotatable bonds is 4. The maximum atomic E-state index is 11.9. The molecular weight excluding hydrogens is 244 g/mol. The van der Waals surface area contributed by atoms with Gasteiger partial charge in [-0.05, 0) is 18.8 Å². The van der Waals surface area contributed by atoms with Crippen LogP contribution in [0.5, 0.6) is 0 Å². The molecule has 0 radical (unpaired) electrons. The summed E-state index contributed by atoms with van der Waals surface area (Å²) in [6.45, 7) is 0.777. The third-order valence-electron chi connectivity index (χ3n) is 3.63. The molecule has 19 heavy (non-hydrogen) atoms. The predicted octanol–water partition coefficient (Wildman–Crippen LogP) is 2.31. The number of hydroxylamine groups is 2. The van der Waals surface area contributed by atoms with Crippen LogP contribution < -0.4 is 5.32 Å². The highest BCUT2D eigenvalue weighted by molar-refractivity contribution is 5.75. The van der Waals surface area contributed by atoms with E-state index in [2.05, 4.69) is 5.32 Å². The monoisotopic (exact) mass is 264 g/mol. The number of ether oxygens (including phenoxy) is 1. The number of carbonyl (C=O) groups is 1. The highest BCUT2D eigenvalue weighted by Crippen LogP contribution is 2.37. The quantitative estimate of drug-likeness (QED) is 0.849. The molecule has 1 aromatic rings. The van der Waals surface area contributed by atoms with E-state index in [-0.39, 0.29) is 19.7 Å². The van der Waals surface area contributed by atoms with Gasteiger partial charge in [0, 0.05) is 26.7 Å². The van der Waals surface area contributed by atoms with Gasteiger partial charge in [0.1, 0.15) is 0 Å². The zero-order valence-electron chi connectivity index (χ0n) is 10.9. The summed E-state index contributed by atoms with van der Waals surface area (Å²) in [5.74, 6) is 0.579. The summed E-state index contributed by atoms with van der Waals surface area (Å²) in [6.07, 6.45) is 1.75. The van der Waals surface area contributed by atoms with Gasteiger partial charge in [-0.25, -0.2) is 9.63 Å². The van der Waals surface area contributed by atoms with Crippen molar-refractivity contribution in [3.05, 3.63) is 35.9 Å². The second-order valence-electron chi connectivity index (χ2n) is 5.13. The van der Waals surface area contributed by atoms with Gasteiger partial charge in [0.25, 0.3) is 0 Å². The lowest BCUT2D eigenvalue weighted by Gasteiger charge is -2.35. The number of nitrogens with zero attached hydrogens (tertiary/aromatic N) is 1. The molecule has 1 atom stereocenters. The van der Waals surface area contributed by atoms with Crippen LogP contribution in [-0.2, 0) is 9.57 Å². The van der Waals surface area contributed by atoms with Crippen molar-refractivity contribution < 1.29 is 15.8 Å². The Kier molecular flexibility index (Phi) is 3.40. The van der Waals surface area contributed by atoms with Crippen molar-refractivity contribution in [2.24, 2.45) is 5.92 Å². The van der Waals surface area contributed by atoms with Crippen LogP contribution in [0.2, 0.25) is 0 Å². The van der Waals surface area contributed by atoms with E-state index in [1.54, 1.807) is 7.11 Å². The van der Waals surface area contributed by atoms with Crippen molar-refractivity contribution in [1.82, 2.24) is 10.4 Å². The van der Waals surface area contributed by atoms with Gasteiger partial charge in [-0.1, -0.05) is 30.3 Å². The van der Waals surface area contributed by atoms with E-state index >= 15 is 0 Å². The number of methoxy groups -OCH3 is 1. The first kappa shape index (κ1) is 12.4. The molecule has 5 heteroatoms. The van der Waals surface area contributed by atoms with Crippen LogP contribution in [0.3, 0.4) is 0 Å². The molecule has 1 saturated carbocycles. The number of benzene rings is 1. The Labute approximate surface area is 113 Å². The molecule has 0 bridgehead atoms.